The van der Waals surface area contributed by atoms with E-state index in [1.807, 2.05) is 12.1 Å². The summed E-state index contributed by atoms with van der Waals surface area (Å²) >= 11 is 0. The molecule has 0 aliphatic heterocycles. The van der Waals surface area contributed by atoms with Gasteiger partial charge in [-0.15, -0.1) is 0 Å². The highest BCUT2D eigenvalue weighted by Crippen LogP contribution is 2.42. The minimum atomic E-state index is 0.658. The van der Waals surface area contributed by atoms with Gasteiger partial charge in [0.2, 0.25) is 5.95 Å². The summed E-state index contributed by atoms with van der Waals surface area (Å²) in [5, 5.41) is 4.88. The largest absolute Gasteiger partial charge is 0.307 e. The molecule has 0 spiro atoms. The van der Waals surface area contributed by atoms with Gasteiger partial charge in [-0.2, -0.15) is 0 Å². The van der Waals surface area contributed by atoms with Crippen LogP contribution >= 0.6 is 0 Å². The minimum Gasteiger partial charge on any atom is -0.307 e. The highest BCUT2D eigenvalue weighted by atomic mass is 15.2. The number of fused-ring (bicyclic) bond motifs is 7. The second-order valence-electron chi connectivity index (χ2n) is 12.4. The molecule has 3 aromatic heterocycles. The summed E-state index contributed by atoms with van der Waals surface area (Å²) in [6, 6.07) is 52.1. The van der Waals surface area contributed by atoms with Gasteiger partial charge in [0, 0.05) is 38.4 Å². The van der Waals surface area contributed by atoms with E-state index in [2.05, 4.69) is 156 Å². The van der Waals surface area contributed by atoms with Gasteiger partial charge < -0.3 is 4.57 Å². The molecule has 230 valence electrons. The van der Waals surface area contributed by atoms with Crippen LogP contribution in [0.5, 0.6) is 0 Å². The zero-order valence-corrected chi connectivity index (χ0v) is 27.1. The minimum absolute atomic E-state index is 0.658. The number of aryl methyl sites for hydroxylation is 2. The first kappa shape index (κ1) is 28.2. The zero-order valence-electron chi connectivity index (χ0n) is 27.1. The maximum atomic E-state index is 5.35. The monoisotopic (exact) mass is 618 g/mol. The van der Waals surface area contributed by atoms with Crippen LogP contribution in [0.25, 0.3) is 77.8 Å². The van der Waals surface area contributed by atoms with E-state index in [1.165, 1.54) is 38.2 Å². The molecule has 3 heterocycles. The first-order valence-corrected chi connectivity index (χ1v) is 16.8. The quantitative estimate of drug-likeness (QED) is 0.186. The predicted molar refractivity (Wildman–Crippen MR) is 200 cm³/mol. The Morgan fingerprint density at radius 1 is 0.438 bits per heavy atom. The molecule has 0 fully saturated rings. The number of aromatic nitrogens is 4. The Balaban J connectivity index is 1.49. The Hall–Kier alpha value is -6.00. The lowest BCUT2D eigenvalue weighted by Gasteiger charge is -2.14. The molecule has 4 heteroatoms. The smallest absolute Gasteiger partial charge is 0.235 e. The Morgan fingerprint density at radius 3 is 1.40 bits per heavy atom. The van der Waals surface area contributed by atoms with Crippen molar-refractivity contribution >= 4 is 43.6 Å². The first-order chi connectivity index (χ1) is 23.7. The molecule has 4 nitrogen and oxygen atoms in total. The first-order valence-electron chi connectivity index (χ1n) is 16.8. The summed E-state index contributed by atoms with van der Waals surface area (Å²) in [5.41, 5.74) is 12.2. The van der Waals surface area contributed by atoms with E-state index in [9.17, 15) is 0 Å². The number of nitrogens with zero attached hydrogens (tertiary/aromatic N) is 4. The normalized spacial score (nSPS) is 11.7. The SMILES string of the molecule is CCc1ccc2c(c1)c1ccc3c4cc(CC)ccc4n(-c4nc(-c5ccccc5)cc(-c5ccccc5)n4)c3c1n2-c1ccccc1. The van der Waals surface area contributed by atoms with Crippen LogP contribution in [0, 0.1) is 0 Å². The van der Waals surface area contributed by atoms with Crippen molar-refractivity contribution in [1.29, 1.82) is 0 Å². The maximum Gasteiger partial charge on any atom is 0.235 e. The molecular weight excluding hydrogens is 585 g/mol. The summed E-state index contributed by atoms with van der Waals surface area (Å²) in [4.78, 5) is 10.7. The van der Waals surface area contributed by atoms with Crippen LogP contribution in [-0.4, -0.2) is 19.1 Å². The summed E-state index contributed by atoms with van der Waals surface area (Å²) in [6.45, 7) is 4.44. The van der Waals surface area contributed by atoms with Crippen LogP contribution in [-0.2, 0) is 12.8 Å². The van der Waals surface area contributed by atoms with Crippen molar-refractivity contribution in [3.05, 3.63) is 157 Å². The van der Waals surface area contributed by atoms with Crippen molar-refractivity contribution in [2.45, 2.75) is 26.7 Å². The van der Waals surface area contributed by atoms with Crippen LogP contribution in [0.4, 0.5) is 0 Å². The fourth-order valence-corrected chi connectivity index (χ4v) is 7.24. The second kappa shape index (κ2) is 11.4. The lowest BCUT2D eigenvalue weighted by atomic mass is 10.0. The third kappa shape index (κ3) is 4.44. The molecule has 0 N–H and O–H groups in total. The average Bonchev–Trinajstić information content (AvgIpc) is 3.67. The zero-order chi connectivity index (χ0) is 32.2. The highest BCUT2D eigenvalue weighted by Gasteiger charge is 2.23. The molecule has 9 rings (SSSR count). The van der Waals surface area contributed by atoms with Crippen molar-refractivity contribution in [3.63, 3.8) is 0 Å². The van der Waals surface area contributed by atoms with Gasteiger partial charge in [-0.1, -0.05) is 117 Å². The van der Waals surface area contributed by atoms with Crippen molar-refractivity contribution in [2.24, 2.45) is 0 Å². The standard InChI is InChI=1S/C44H34N4/c1-3-29-20-24-40-36(26-29)34-22-23-35-37-27-30(4-2)21-25-41(37)48(43(35)42(34)47(40)33-18-12-7-13-19-33)44-45-38(31-14-8-5-9-15-31)28-39(46-44)32-16-10-6-11-17-32/h5-28H,3-4H2,1-2H3. The Bertz CT molecular complexity index is 2560. The van der Waals surface area contributed by atoms with Crippen molar-refractivity contribution in [3.8, 4) is 34.2 Å². The lowest BCUT2D eigenvalue weighted by Crippen LogP contribution is -2.05. The molecule has 6 aromatic carbocycles. The summed E-state index contributed by atoms with van der Waals surface area (Å²) in [5.74, 6) is 0.658. The van der Waals surface area contributed by atoms with Crippen LogP contribution in [0.2, 0.25) is 0 Å². The summed E-state index contributed by atoms with van der Waals surface area (Å²) in [7, 11) is 0. The highest BCUT2D eigenvalue weighted by molar-refractivity contribution is 6.23. The van der Waals surface area contributed by atoms with Gasteiger partial charge >= 0.3 is 0 Å². The van der Waals surface area contributed by atoms with E-state index >= 15 is 0 Å². The van der Waals surface area contributed by atoms with Gasteiger partial charge in [-0.05, 0) is 66.4 Å². The molecule has 0 bridgehead atoms. The van der Waals surface area contributed by atoms with Crippen molar-refractivity contribution < 1.29 is 0 Å². The summed E-state index contributed by atoms with van der Waals surface area (Å²) in [6.07, 6.45) is 1.95. The van der Waals surface area contributed by atoms with Gasteiger partial charge in [-0.25, -0.2) is 9.97 Å². The van der Waals surface area contributed by atoms with Gasteiger partial charge in [-0.3, -0.25) is 4.57 Å². The molecule has 0 aliphatic carbocycles. The molecule has 9 aromatic rings. The van der Waals surface area contributed by atoms with E-state index < -0.39 is 0 Å². The Labute approximate surface area is 279 Å². The van der Waals surface area contributed by atoms with E-state index in [0.717, 1.165) is 57.6 Å². The van der Waals surface area contributed by atoms with Gasteiger partial charge in [0.1, 0.15) is 0 Å². The van der Waals surface area contributed by atoms with E-state index in [1.54, 1.807) is 0 Å². The Morgan fingerprint density at radius 2 is 0.896 bits per heavy atom. The van der Waals surface area contributed by atoms with E-state index in [-0.39, 0.29) is 0 Å². The molecule has 0 radical (unpaired) electrons. The van der Waals surface area contributed by atoms with Gasteiger partial charge in [0.05, 0.1) is 33.5 Å². The maximum absolute atomic E-state index is 5.35. The molecule has 0 amide bonds. The molecule has 0 unspecified atom stereocenters. The Kier molecular flexibility index (Phi) is 6.68. The average molecular weight is 619 g/mol. The van der Waals surface area contributed by atoms with Gasteiger partial charge in [0.25, 0.3) is 0 Å². The molecule has 0 aliphatic rings. The molecule has 0 saturated heterocycles. The molecular formula is C44H34N4. The fourth-order valence-electron chi connectivity index (χ4n) is 7.24. The second-order valence-corrected chi connectivity index (χ2v) is 12.4. The molecule has 48 heavy (non-hydrogen) atoms. The van der Waals surface area contributed by atoms with E-state index in [0.29, 0.717) is 5.95 Å². The summed E-state index contributed by atoms with van der Waals surface area (Å²) < 4.78 is 4.74. The number of benzene rings is 6. The van der Waals surface area contributed by atoms with Crippen molar-refractivity contribution in [1.82, 2.24) is 19.1 Å². The third-order valence-electron chi connectivity index (χ3n) is 9.67. The van der Waals surface area contributed by atoms with Crippen LogP contribution in [0.15, 0.2) is 146 Å². The number of rotatable bonds is 6. The van der Waals surface area contributed by atoms with E-state index in [4.69, 9.17) is 9.97 Å². The fraction of sp³-hybridized carbons (Fsp3) is 0.0909. The number of para-hydroxylation sites is 1. The third-order valence-corrected chi connectivity index (χ3v) is 9.67. The topological polar surface area (TPSA) is 35.6 Å². The van der Waals surface area contributed by atoms with Crippen molar-refractivity contribution in [2.75, 3.05) is 0 Å². The van der Waals surface area contributed by atoms with Crippen LogP contribution in [0.3, 0.4) is 0 Å². The van der Waals surface area contributed by atoms with Gasteiger partial charge in [0.15, 0.2) is 0 Å². The van der Waals surface area contributed by atoms with Crippen LogP contribution < -0.4 is 0 Å². The number of hydrogen-bond acceptors (Lipinski definition) is 2. The number of hydrogen-bond donors (Lipinski definition) is 0. The van der Waals surface area contributed by atoms with Crippen LogP contribution in [0.1, 0.15) is 25.0 Å². The molecule has 0 saturated carbocycles. The molecule has 0 atom stereocenters. The lowest BCUT2D eigenvalue weighted by molar-refractivity contribution is 0.994. The predicted octanol–water partition coefficient (Wildman–Crippen LogP) is 11.1.